The first-order valence-electron chi connectivity index (χ1n) is 8.78. The minimum Gasteiger partial charge on any atom is -0.263 e. The zero-order valence-electron chi connectivity index (χ0n) is 16.1. The van der Waals surface area contributed by atoms with E-state index in [0.29, 0.717) is 10.6 Å². The van der Waals surface area contributed by atoms with E-state index in [9.17, 15) is 8.42 Å². The molecule has 1 rings (SSSR count). The monoisotopic (exact) mass is 371 g/mol. The molecule has 0 N–H and O–H groups in total. The molecular weight excluding hydrogens is 342 g/mol. The SMILES string of the molecule is C/C=C\C=C/C/C=C/CN(C(/C=C\C)=C/C)S(=O)(=O)c1ccc(C)cc1. The van der Waals surface area contributed by atoms with Crippen LogP contribution in [-0.2, 0) is 10.0 Å². The minimum atomic E-state index is -3.62. The Morgan fingerprint density at radius 1 is 0.962 bits per heavy atom. The molecule has 0 atom stereocenters. The fourth-order valence-corrected chi connectivity index (χ4v) is 3.75. The van der Waals surface area contributed by atoms with Gasteiger partial charge in [0.05, 0.1) is 11.4 Å². The third-order valence-corrected chi connectivity index (χ3v) is 5.49. The maximum absolute atomic E-state index is 13.1. The fraction of sp³-hybridized carbons (Fsp3) is 0.273. The van der Waals surface area contributed by atoms with E-state index in [4.69, 9.17) is 0 Å². The van der Waals surface area contributed by atoms with E-state index in [0.717, 1.165) is 12.0 Å². The Hall–Kier alpha value is -2.33. The average molecular weight is 372 g/mol. The van der Waals surface area contributed by atoms with Crippen molar-refractivity contribution in [1.82, 2.24) is 4.31 Å². The van der Waals surface area contributed by atoms with Crippen LogP contribution in [0.2, 0.25) is 0 Å². The smallest absolute Gasteiger partial charge is 0.263 e. The summed E-state index contributed by atoms with van der Waals surface area (Å²) < 4.78 is 27.7. The normalized spacial score (nSPS) is 13.6. The van der Waals surface area contributed by atoms with Gasteiger partial charge >= 0.3 is 0 Å². The lowest BCUT2D eigenvalue weighted by Crippen LogP contribution is -2.30. The van der Waals surface area contributed by atoms with Gasteiger partial charge in [-0.1, -0.05) is 66.3 Å². The van der Waals surface area contributed by atoms with Crippen molar-refractivity contribution in [3.63, 3.8) is 0 Å². The van der Waals surface area contributed by atoms with Crippen LogP contribution in [0.1, 0.15) is 32.8 Å². The molecule has 0 unspecified atom stereocenters. The molecule has 0 aliphatic carbocycles. The van der Waals surface area contributed by atoms with Crippen LogP contribution in [0, 0.1) is 6.92 Å². The number of allylic oxidation sites excluding steroid dienone is 8. The number of hydrogen-bond donors (Lipinski definition) is 0. The average Bonchev–Trinajstić information content (AvgIpc) is 2.63. The highest BCUT2D eigenvalue weighted by Gasteiger charge is 2.24. The summed E-state index contributed by atoms with van der Waals surface area (Å²) in [5.74, 6) is 0. The van der Waals surface area contributed by atoms with Gasteiger partial charge in [-0.3, -0.25) is 4.31 Å². The molecule has 26 heavy (non-hydrogen) atoms. The maximum Gasteiger partial charge on any atom is 0.264 e. The third kappa shape index (κ3) is 6.52. The van der Waals surface area contributed by atoms with Gasteiger partial charge in [0, 0.05) is 5.70 Å². The van der Waals surface area contributed by atoms with Crippen LogP contribution >= 0.6 is 0 Å². The van der Waals surface area contributed by atoms with Crippen molar-refractivity contribution < 1.29 is 8.42 Å². The summed E-state index contributed by atoms with van der Waals surface area (Å²) in [5, 5.41) is 0. The van der Waals surface area contributed by atoms with Crippen molar-refractivity contribution in [2.24, 2.45) is 0 Å². The van der Waals surface area contributed by atoms with Gasteiger partial charge in [0.15, 0.2) is 0 Å². The second-order valence-corrected chi connectivity index (χ2v) is 7.59. The predicted octanol–water partition coefficient (Wildman–Crippen LogP) is 5.54. The van der Waals surface area contributed by atoms with E-state index in [2.05, 4.69) is 0 Å². The Bertz CT molecular complexity index is 795. The van der Waals surface area contributed by atoms with E-state index in [1.54, 1.807) is 12.1 Å². The van der Waals surface area contributed by atoms with E-state index in [1.165, 1.54) is 4.31 Å². The van der Waals surface area contributed by atoms with Crippen molar-refractivity contribution in [3.8, 4) is 0 Å². The lowest BCUT2D eigenvalue weighted by molar-refractivity contribution is 0.509. The molecule has 0 aliphatic heterocycles. The van der Waals surface area contributed by atoms with Gasteiger partial charge in [-0.2, -0.15) is 0 Å². The number of nitrogens with zero attached hydrogens (tertiary/aromatic N) is 1. The molecule has 0 fully saturated rings. The summed E-state index contributed by atoms with van der Waals surface area (Å²) in [7, 11) is -3.62. The van der Waals surface area contributed by atoms with Crippen LogP contribution in [0.5, 0.6) is 0 Å². The standard InChI is InChI=1S/C22H29NO2S/c1-5-8-9-10-11-12-13-19-23(21(7-3)14-6-2)26(24,25)22-17-15-20(4)16-18-22/h5-10,12-18H,11,19H2,1-4H3/b8-5-,10-9-,13-12+,14-6-,21-7+. The van der Waals surface area contributed by atoms with E-state index < -0.39 is 10.0 Å². The van der Waals surface area contributed by atoms with Gasteiger partial charge in [0.25, 0.3) is 10.0 Å². The van der Waals surface area contributed by atoms with Crippen LogP contribution in [0.4, 0.5) is 0 Å². The topological polar surface area (TPSA) is 37.4 Å². The van der Waals surface area contributed by atoms with Crippen LogP contribution in [0.3, 0.4) is 0 Å². The fourth-order valence-electron chi connectivity index (χ4n) is 2.29. The molecule has 0 saturated heterocycles. The number of aryl methyl sites for hydroxylation is 1. The molecule has 4 heteroatoms. The Morgan fingerprint density at radius 3 is 2.23 bits per heavy atom. The van der Waals surface area contributed by atoms with Gasteiger partial charge in [-0.25, -0.2) is 8.42 Å². The third-order valence-electron chi connectivity index (χ3n) is 3.68. The molecule has 1 aromatic carbocycles. The predicted molar refractivity (Wildman–Crippen MR) is 111 cm³/mol. The van der Waals surface area contributed by atoms with Crippen LogP contribution in [0.25, 0.3) is 0 Å². The van der Waals surface area contributed by atoms with E-state index in [-0.39, 0.29) is 6.54 Å². The summed E-state index contributed by atoms with van der Waals surface area (Å²) in [6, 6.07) is 6.95. The van der Waals surface area contributed by atoms with E-state index in [1.807, 2.05) is 94.5 Å². The number of sulfonamides is 1. The molecule has 1 aromatic rings. The molecule has 0 bridgehead atoms. The first-order chi connectivity index (χ1) is 12.5. The lowest BCUT2D eigenvalue weighted by Gasteiger charge is -2.24. The zero-order valence-corrected chi connectivity index (χ0v) is 16.9. The molecule has 140 valence electrons. The van der Waals surface area contributed by atoms with Gasteiger partial charge in [-0.05, 0) is 52.3 Å². The summed E-state index contributed by atoms with van der Waals surface area (Å²) in [4.78, 5) is 0.299. The van der Waals surface area contributed by atoms with Gasteiger partial charge in [0.2, 0.25) is 0 Å². The summed E-state index contributed by atoms with van der Waals surface area (Å²) in [5.41, 5.74) is 1.69. The van der Waals surface area contributed by atoms with Gasteiger partial charge in [0.1, 0.15) is 0 Å². The molecule has 3 nitrogen and oxygen atoms in total. The Balaban J connectivity index is 3.09. The number of hydrogen-bond acceptors (Lipinski definition) is 2. The Kier molecular flexibility index (Phi) is 9.45. The molecule has 0 radical (unpaired) electrons. The van der Waals surface area contributed by atoms with Crippen molar-refractivity contribution in [2.45, 2.75) is 39.0 Å². The Morgan fingerprint density at radius 2 is 1.65 bits per heavy atom. The lowest BCUT2D eigenvalue weighted by atomic mass is 10.2. The van der Waals surface area contributed by atoms with Crippen LogP contribution < -0.4 is 0 Å². The summed E-state index contributed by atoms with van der Waals surface area (Å²) >= 11 is 0. The molecule has 0 amide bonds. The number of benzene rings is 1. The molecule has 0 spiro atoms. The highest BCUT2D eigenvalue weighted by Crippen LogP contribution is 2.21. The molecule has 0 aromatic heterocycles. The van der Waals surface area contributed by atoms with Crippen LogP contribution in [0.15, 0.2) is 89.5 Å². The number of rotatable bonds is 9. The van der Waals surface area contributed by atoms with Crippen molar-refractivity contribution in [3.05, 3.63) is 90.2 Å². The second kappa shape index (κ2) is 11.3. The quantitative estimate of drug-likeness (QED) is 0.422. The maximum atomic E-state index is 13.1. The molecule has 0 heterocycles. The molecule has 0 aliphatic rings. The zero-order chi connectivity index (χ0) is 19.4. The van der Waals surface area contributed by atoms with Crippen molar-refractivity contribution >= 4 is 10.0 Å². The van der Waals surface area contributed by atoms with Gasteiger partial charge in [-0.15, -0.1) is 0 Å². The summed E-state index contributed by atoms with van der Waals surface area (Å²) in [6.07, 6.45) is 18.0. The highest BCUT2D eigenvalue weighted by atomic mass is 32.2. The molecular formula is C22H29NO2S. The second-order valence-electron chi connectivity index (χ2n) is 5.72. The first kappa shape index (κ1) is 21.7. The van der Waals surface area contributed by atoms with Gasteiger partial charge < -0.3 is 0 Å². The largest absolute Gasteiger partial charge is 0.264 e. The summed E-state index contributed by atoms with van der Waals surface area (Å²) in [6.45, 7) is 7.92. The Labute approximate surface area is 158 Å². The van der Waals surface area contributed by atoms with Crippen LogP contribution in [-0.4, -0.2) is 19.3 Å². The minimum absolute atomic E-state index is 0.289. The van der Waals surface area contributed by atoms with E-state index >= 15 is 0 Å². The first-order valence-corrected chi connectivity index (χ1v) is 10.2. The molecule has 0 saturated carbocycles. The van der Waals surface area contributed by atoms with Crippen molar-refractivity contribution in [2.75, 3.05) is 6.54 Å². The highest BCUT2D eigenvalue weighted by molar-refractivity contribution is 7.89. The van der Waals surface area contributed by atoms with Crippen molar-refractivity contribution in [1.29, 1.82) is 0 Å².